The maximum absolute atomic E-state index is 13.3. The number of aliphatic carboxylic acids is 1. The minimum Gasteiger partial charge on any atom is -0.481 e. The zero-order valence-corrected chi connectivity index (χ0v) is 13.1. The number of amides is 2. The highest BCUT2D eigenvalue weighted by molar-refractivity contribution is 5.79. The summed E-state index contributed by atoms with van der Waals surface area (Å²) in [5.41, 5.74) is 1.04. The zero-order valence-electron chi connectivity index (χ0n) is 13.1. The predicted octanol–water partition coefficient (Wildman–Crippen LogP) is 2.71. The highest BCUT2D eigenvalue weighted by Gasteiger charge is 2.42. The molecule has 1 aliphatic carbocycles. The number of aryl methyl sites for hydroxylation is 1. The summed E-state index contributed by atoms with van der Waals surface area (Å²) in [6.45, 7) is 2.33. The summed E-state index contributed by atoms with van der Waals surface area (Å²) in [6, 6.07) is 4.31. The average molecular weight is 320 g/mol. The second-order valence-corrected chi connectivity index (χ2v) is 6.77. The molecule has 0 aromatic heterocycles. The summed E-state index contributed by atoms with van der Waals surface area (Å²) >= 11 is 0. The predicted molar refractivity (Wildman–Crippen MR) is 82.5 cm³/mol. The topological polar surface area (TPSA) is 69.6 Å². The number of rotatable bonds is 2. The molecule has 124 valence electrons. The van der Waals surface area contributed by atoms with E-state index in [1.54, 1.807) is 17.9 Å². The van der Waals surface area contributed by atoms with E-state index in [2.05, 4.69) is 5.32 Å². The van der Waals surface area contributed by atoms with Gasteiger partial charge >= 0.3 is 12.0 Å². The first-order chi connectivity index (χ1) is 10.9. The lowest BCUT2D eigenvalue weighted by Crippen LogP contribution is -2.43. The second kappa shape index (κ2) is 5.83. The minimum atomic E-state index is -0.870. The molecular weight excluding hydrogens is 299 g/mol. The van der Waals surface area contributed by atoms with Crippen LogP contribution < -0.4 is 5.32 Å². The molecule has 0 saturated carbocycles. The van der Waals surface area contributed by atoms with Crippen molar-refractivity contribution in [2.75, 3.05) is 13.1 Å². The molecule has 5 nitrogen and oxygen atoms in total. The molecule has 2 N–H and O–H groups in total. The van der Waals surface area contributed by atoms with Crippen LogP contribution in [-0.4, -0.2) is 35.1 Å². The first kappa shape index (κ1) is 15.8. The van der Waals surface area contributed by atoms with Gasteiger partial charge in [-0.1, -0.05) is 6.07 Å². The zero-order chi connectivity index (χ0) is 16.6. The van der Waals surface area contributed by atoms with Gasteiger partial charge in [-0.3, -0.25) is 4.79 Å². The minimum absolute atomic E-state index is 0.136. The molecule has 3 rings (SSSR count). The molecule has 23 heavy (non-hydrogen) atoms. The number of halogens is 1. The summed E-state index contributed by atoms with van der Waals surface area (Å²) in [5.74, 6) is -1.13. The van der Waals surface area contributed by atoms with E-state index in [4.69, 9.17) is 0 Å². The fourth-order valence-electron chi connectivity index (χ4n) is 3.48. The number of carboxylic acids is 1. The van der Waals surface area contributed by atoms with Gasteiger partial charge in [0.1, 0.15) is 5.82 Å². The Morgan fingerprint density at radius 2 is 2.22 bits per heavy atom. The molecule has 0 radical (unpaired) electrons. The Morgan fingerprint density at radius 1 is 1.43 bits per heavy atom. The quantitative estimate of drug-likeness (QED) is 0.880. The summed E-state index contributed by atoms with van der Waals surface area (Å²) in [5, 5.41) is 12.2. The largest absolute Gasteiger partial charge is 0.481 e. The van der Waals surface area contributed by atoms with Crippen molar-refractivity contribution in [1.29, 1.82) is 0 Å². The molecule has 1 aromatic carbocycles. The lowest BCUT2D eigenvalue weighted by Gasteiger charge is -2.29. The van der Waals surface area contributed by atoms with Gasteiger partial charge in [0.25, 0.3) is 0 Å². The number of carbonyl (C=O) groups is 2. The van der Waals surface area contributed by atoms with E-state index in [9.17, 15) is 19.1 Å². The Hall–Kier alpha value is -2.11. The van der Waals surface area contributed by atoms with Crippen LogP contribution in [0.2, 0.25) is 0 Å². The van der Waals surface area contributed by atoms with E-state index >= 15 is 0 Å². The maximum Gasteiger partial charge on any atom is 0.317 e. The van der Waals surface area contributed by atoms with Gasteiger partial charge in [-0.25, -0.2) is 9.18 Å². The van der Waals surface area contributed by atoms with Crippen LogP contribution in [0.3, 0.4) is 0 Å². The van der Waals surface area contributed by atoms with Gasteiger partial charge in [0.15, 0.2) is 0 Å². The van der Waals surface area contributed by atoms with Crippen molar-refractivity contribution in [3.05, 3.63) is 35.1 Å². The SMILES string of the molecule is CC1(C(=O)O)CCN(C(=O)NC2CCCc3cc(F)ccc32)C1. The van der Waals surface area contributed by atoms with Crippen LogP contribution in [-0.2, 0) is 11.2 Å². The number of nitrogens with zero attached hydrogens (tertiary/aromatic N) is 1. The molecule has 1 fully saturated rings. The Morgan fingerprint density at radius 3 is 2.91 bits per heavy atom. The number of nitrogens with one attached hydrogen (secondary N) is 1. The monoisotopic (exact) mass is 320 g/mol. The number of hydrogen-bond acceptors (Lipinski definition) is 2. The molecule has 1 heterocycles. The molecule has 0 bridgehead atoms. The van der Waals surface area contributed by atoms with E-state index in [0.29, 0.717) is 13.0 Å². The van der Waals surface area contributed by atoms with Gasteiger partial charge in [0, 0.05) is 13.1 Å². The molecule has 1 saturated heterocycles. The smallest absolute Gasteiger partial charge is 0.317 e. The molecule has 0 spiro atoms. The summed E-state index contributed by atoms with van der Waals surface area (Å²) in [6.07, 6.45) is 2.99. The molecule has 2 unspecified atom stereocenters. The molecule has 6 heteroatoms. The third-order valence-corrected chi connectivity index (χ3v) is 4.99. The van der Waals surface area contributed by atoms with Crippen molar-refractivity contribution < 1.29 is 19.1 Å². The van der Waals surface area contributed by atoms with Crippen LogP contribution in [0.1, 0.15) is 43.4 Å². The van der Waals surface area contributed by atoms with Gasteiger partial charge in [0.05, 0.1) is 11.5 Å². The number of likely N-dealkylation sites (tertiary alicyclic amines) is 1. The Labute approximate surface area is 134 Å². The van der Waals surface area contributed by atoms with Crippen LogP contribution in [0.4, 0.5) is 9.18 Å². The Balaban J connectivity index is 1.69. The van der Waals surface area contributed by atoms with Crippen molar-refractivity contribution in [2.24, 2.45) is 5.41 Å². The molecule has 1 aromatic rings. The molecular formula is C17H21FN2O3. The fraction of sp³-hybridized carbons (Fsp3) is 0.529. The van der Waals surface area contributed by atoms with E-state index in [1.807, 2.05) is 0 Å². The molecule has 2 atom stereocenters. The standard InChI is InChI=1S/C17H21FN2O3/c1-17(15(21)22)7-8-20(10-17)16(23)19-14-4-2-3-11-9-12(18)5-6-13(11)14/h5-6,9,14H,2-4,7-8,10H2,1H3,(H,19,23)(H,21,22). The van der Waals surface area contributed by atoms with Crippen LogP contribution >= 0.6 is 0 Å². The summed E-state index contributed by atoms with van der Waals surface area (Å²) < 4.78 is 13.3. The number of carboxylic acid groups (broad SMARTS) is 1. The maximum atomic E-state index is 13.3. The Bertz CT molecular complexity index is 649. The van der Waals surface area contributed by atoms with Crippen LogP contribution in [0, 0.1) is 11.2 Å². The molecule has 2 aliphatic rings. The molecule has 1 aliphatic heterocycles. The van der Waals surface area contributed by atoms with Crippen molar-refractivity contribution in [2.45, 2.75) is 38.6 Å². The van der Waals surface area contributed by atoms with Crippen LogP contribution in [0.5, 0.6) is 0 Å². The number of hydrogen-bond donors (Lipinski definition) is 2. The lowest BCUT2D eigenvalue weighted by molar-refractivity contribution is -0.147. The number of benzene rings is 1. The first-order valence-corrected chi connectivity index (χ1v) is 7.96. The molecule has 2 amide bonds. The van der Waals surface area contributed by atoms with E-state index in [1.165, 1.54) is 12.1 Å². The van der Waals surface area contributed by atoms with Crippen molar-refractivity contribution in [1.82, 2.24) is 10.2 Å². The van der Waals surface area contributed by atoms with E-state index < -0.39 is 11.4 Å². The van der Waals surface area contributed by atoms with Gasteiger partial charge in [-0.2, -0.15) is 0 Å². The summed E-state index contributed by atoms with van der Waals surface area (Å²) in [7, 11) is 0. The first-order valence-electron chi connectivity index (χ1n) is 7.96. The normalized spacial score (nSPS) is 26.7. The van der Waals surface area contributed by atoms with Gasteiger partial charge in [-0.05, 0) is 55.9 Å². The van der Waals surface area contributed by atoms with Crippen LogP contribution in [0.15, 0.2) is 18.2 Å². The van der Waals surface area contributed by atoms with E-state index in [0.717, 1.165) is 30.4 Å². The third kappa shape index (κ3) is 3.02. The van der Waals surface area contributed by atoms with Gasteiger partial charge in [-0.15, -0.1) is 0 Å². The third-order valence-electron chi connectivity index (χ3n) is 4.99. The highest BCUT2D eigenvalue weighted by atomic mass is 19.1. The number of urea groups is 1. The second-order valence-electron chi connectivity index (χ2n) is 6.77. The average Bonchev–Trinajstić information content (AvgIpc) is 2.91. The highest BCUT2D eigenvalue weighted by Crippen LogP contribution is 2.32. The van der Waals surface area contributed by atoms with Crippen molar-refractivity contribution >= 4 is 12.0 Å². The lowest BCUT2D eigenvalue weighted by atomic mass is 9.87. The fourth-order valence-corrected chi connectivity index (χ4v) is 3.48. The van der Waals surface area contributed by atoms with Crippen molar-refractivity contribution in [3.63, 3.8) is 0 Å². The van der Waals surface area contributed by atoms with Crippen LogP contribution in [0.25, 0.3) is 0 Å². The van der Waals surface area contributed by atoms with Gasteiger partial charge in [0.2, 0.25) is 0 Å². The summed E-state index contributed by atoms with van der Waals surface area (Å²) in [4.78, 5) is 25.3. The van der Waals surface area contributed by atoms with Crippen molar-refractivity contribution in [3.8, 4) is 0 Å². The number of carbonyl (C=O) groups excluding carboxylic acids is 1. The Kier molecular flexibility index (Phi) is 4.00. The van der Waals surface area contributed by atoms with E-state index in [-0.39, 0.29) is 24.4 Å². The van der Waals surface area contributed by atoms with Gasteiger partial charge < -0.3 is 15.3 Å². The number of fused-ring (bicyclic) bond motifs is 1.